The lowest BCUT2D eigenvalue weighted by Gasteiger charge is -2.21. The number of hydrogen-bond donors (Lipinski definition) is 2. The number of aliphatic hydroxyl groups excluding tert-OH is 1. The van der Waals surface area contributed by atoms with Crippen LogP contribution in [-0.2, 0) is 12.8 Å². The molecule has 0 amide bonds. The normalized spacial score (nSPS) is 20.0. The molecule has 8 nitrogen and oxygen atoms in total. The second-order valence-corrected chi connectivity index (χ2v) is 6.61. The van der Waals surface area contributed by atoms with E-state index in [1.165, 1.54) is 6.20 Å². The Balaban J connectivity index is 1.58. The van der Waals surface area contributed by atoms with E-state index in [1.807, 2.05) is 4.90 Å². The maximum absolute atomic E-state index is 13.6. The van der Waals surface area contributed by atoms with Crippen molar-refractivity contribution >= 4 is 17.6 Å². The van der Waals surface area contributed by atoms with E-state index in [4.69, 9.17) is 0 Å². The minimum absolute atomic E-state index is 0.197. The van der Waals surface area contributed by atoms with Gasteiger partial charge in [-0.3, -0.25) is 0 Å². The Morgan fingerprint density at radius 2 is 2.00 bits per heavy atom. The van der Waals surface area contributed by atoms with Crippen molar-refractivity contribution in [2.24, 2.45) is 0 Å². The lowest BCUT2D eigenvalue weighted by atomic mass is 10.1. The highest BCUT2D eigenvalue weighted by molar-refractivity contribution is 5.52. The van der Waals surface area contributed by atoms with Crippen LogP contribution in [0.25, 0.3) is 0 Å². The summed E-state index contributed by atoms with van der Waals surface area (Å²) >= 11 is 0. The molecule has 9 heteroatoms. The van der Waals surface area contributed by atoms with Crippen molar-refractivity contribution in [1.29, 1.82) is 0 Å². The van der Waals surface area contributed by atoms with Crippen LogP contribution in [0.5, 0.6) is 0 Å². The third-order valence-corrected chi connectivity index (χ3v) is 4.98. The van der Waals surface area contributed by atoms with E-state index in [2.05, 4.69) is 30.2 Å². The monoisotopic (exact) mass is 359 g/mol. The lowest BCUT2D eigenvalue weighted by molar-refractivity contribution is 0.198. The number of nitrogens with zero attached hydrogens (tertiary/aromatic N) is 6. The zero-order valence-electron chi connectivity index (χ0n) is 14.7. The first kappa shape index (κ1) is 16.9. The minimum Gasteiger partial charge on any atom is -0.391 e. The van der Waals surface area contributed by atoms with Crippen LogP contribution in [0.3, 0.4) is 0 Å². The third kappa shape index (κ3) is 3.14. The molecule has 2 aliphatic heterocycles. The predicted molar refractivity (Wildman–Crippen MR) is 96.0 cm³/mol. The van der Waals surface area contributed by atoms with Gasteiger partial charge in [-0.15, -0.1) is 0 Å². The number of rotatable bonds is 3. The molecule has 4 heterocycles. The van der Waals surface area contributed by atoms with Gasteiger partial charge in [-0.05, 0) is 12.8 Å². The first-order chi connectivity index (χ1) is 12.7. The molecule has 0 saturated carbocycles. The van der Waals surface area contributed by atoms with Crippen molar-refractivity contribution < 1.29 is 9.50 Å². The van der Waals surface area contributed by atoms with E-state index >= 15 is 0 Å². The summed E-state index contributed by atoms with van der Waals surface area (Å²) in [6.07, 6.45) is 4.77. The van der Waals surface area contributed by atoms with E-state index in [0.717, 1.165) is 42.9 Å². The fourth-order valence-electron chi connectivity index (χ4n) is 3.60. The van der Waals surface area contributed by atoms with Gasteiger partial charge in [0, 0.05) is 45.2 Å². The second-order valence-electron chi connectivity index (χ2n) is 6.61. The largest absolute Gasteiger partial charge is 0.391 e. The minimum atomic E-state index is -0.463. The summed E-state index contributed by atoms with van der Waals surface area (Å²) < 4.78 is 13.6. The van der Waals surface area contributed by atoms with Gasteiger partial charge in [0.1, 0.15) is 12.1 Å². The molecule has 2 aliphatic rings. The summed E-state index contributed by atoms with van der Waals surface area (Å²) in [6.45, 7) is 2.83. The van der Waals surface area contributed by atoms with Gasteiger partial charge in [-0.2, -0.15) is 4.98 Å². The molecule has 2 aromatic heterocycles. The summed E-state index contributed by atoms with van der Waals surface area (Å²) in [5, 5.41) is 12.6. The second kappa shape index (κ2) is 6.99. The van der Waals surface area contributed by atoms with Crippen LogP contribution in [0.1, 0.15) is 17.7 Å². The van der Waals surface area contributed by atoms with E-state index < -0.39 is 5.82 Å². The first-order valence-electron chi connectivity index (χ1n) is 8.86. The number of fused-ring (bicyclic) bond motifs is 1. The zero-order chi connectivity index (χ0) is 18.1. The number of halogens is 1. The standard InChI is InChI=1S/C17H22FN7O/c1-19-15-13(18)8-20-17(23-15)24-6-3-12-14(4-7-24)21-10-22-16(12)25-5-2-11(26)9-25/h8,10-11,26H,2-7,9H2,1H3,(H,19,20,23)/t11-/m0/s1. The van der Waals surface area contributed by atoms with Crippen molar-refractivity contribution in [2.45, 2.75) is 25.4 Å². The van der Waals surface area contributed by atoms with Gasteiger partial charge in [0.15, 0.2) is 11.6 Å². The number of β-amino-alcohol motifs (C(OH)–C–C–N with tert-alkyl or cyclic N) is 1. The van der Waals surface area contributed by atoms with Crippen LogP contribution >= 0.6 is 0 Å². The maximum Gasteiger partial charge on any atom is 0.227 e. The summed E-state index contributed by atoms with van der Waals surface area (Å²) in [5.41, 5.74) is 2.15. The van der Waals surface area contributed by atoms with E-state index in [9.17, 15) is 9.50 Å². The van der Waals surface area contributed by atoms with Crippen LogP contribution in [0.15, 0.2) is 12.5 Å². The lowest BCUT2D eigenvalue weighted by Crippen LogP contribution is -2.28. The molecule has 1 fully saturated rings. The van der Waals surface area contributed by atoms with E-state index in [1.54, 1.807) is 13.4 Å². The molecule has 4 rings (SSSR count). The molecule has 138 valence electrons. The van der Waals surface area contributed by atoms with Crippen LogP contribution in [0, 0.1) is 5.82 Å². The van der Waals surface area contributed by atoms with Crippen molar-refractivity contribution in [3.63, 3.8) is 0 Å². The molecule has 0 bridgehead atoms. The molecule has 26 heavy (non-hydrogen) atoms. The Labute approximate surface area is 151 Å². The van der Waals surface area contributed by atoms with E-state index in [0.29, 0.717) is 25.6 Å². The number of anilines is 3. The molecule has 0 aromatic carbocycles. The molecule has 2 aromatic rings. The molecule has 0 spiro atoms. The van der Waals surface area contributed by atoms with Gasteiger partial charge in [0.2, 0.25) is 5.95 Å². The Bertz CT molecular complexity index is 803. The topological polar surface area (TPSA) is 90.3 Å². The number of nitrogens with one attached hydrogen (secondary N) is 1. The van der Waals surface area contributed by atoms with Crippen LogP contribution in [0.4, 0.5) is 22.0 Å². The summed E-state index contributed by atoms with van der Waals surface area (Å²) in [5.74, 6) is 1.16. The molecule has 1 saturated heterocycles. The molecular formula is C17H22FN7O. The van der Waals surface area contributed by atoms with Gasteiger partial charge in [0.05, 0.1) is 18.0 Å². The molecule has 0 radical (unpaired) electrons. The van der Waals surface area contributed by atoms with Crippen molar-refractivity contribution in [2.75, 3.05) is 48.3 Å². The number of hydrogen-bond acceptors (Lipinski definition) is 8. The average Bonchev–Trinajstić information content (AvgIpc) is 2.96. The molecule has 2 N–H and O–H groups in total. The molecule has 1 atom stereocenters. The van der Waals surface area contributed by atoms with Crippen molar-refractivity contribution in [3.05, 3.63) is 29.6 Å². The highest BCUT2D eigenvalue weighted by atomic mass is 19.1. The number of aromatic nitrogens is 4. The average molecular weight is 359 g/mol. The first-order valence-corrected chi connectivity index (χ1v) is 8.86. The van der Waals surface area contributed by atoms with Gasteiger partial charge in [-0.1, -0.05) is 0 Å². The molecule has 0 unspecified atom stereocenters. The third-order valence-electron chi connectivity index (χ3n) is 4.98. The smallest absolute Gasteiger partial charge is 0.227 e. The van der Waals surface area contributed by atoms with Gasteiger partial charge in [0.25, 0.3) is 0 Å². The van der Waals surface area contributed by atoms with Crippen molar-refractivity contribution in [1.82, 2.24) is 19.9 Å². The van der Waals surface area contributed by atoms with Crippen LogP contribution in [-0.4, -0.2) is 64.4 Å². The zero-order valence-corrected chi connectivity index (χ0v) is 14.7. The van der Waals surface area contributed by atoms with Crippen molar-refractivity contribution in [3.8, 4) is 0 Å². The van der Waals surface area contributed by atoms with Crippen LogP contribution in [0.2, 0.25) is 0 Å². The quantitative estimate of drug-likeness (QED) is 0.825. The summed E-state index contributed by atoms with van der Waals surface area (Å²) in [7, 11) is 1.64. The van der Waals surface area contributed by atoms with E-state index in [-0.39, 0.29) is 11.9 Å². The Morgan fingerprint density at radius 1 is 1.15 bits per heavy atom. The highest BCUT2D eigenvalue weighted by Gasteiger charge is 2.27. The highest BCUT2D eigenvalue weighted by Crippen LogP contribution is 2.27. The van der Waals surface area contributed by atoms with Gasteiger partial charge >= 0.3 is 0 Å². The predicted octanol–water partition coefficient (Wildman–Crippen LogP) is 0.624. The molecule has 0 aliphatic carbocycles. The Kier molecular flexibility index (Phi) is 4.54. The summed E-state index contributed by atoms with van der Waals surface area (Å²) in [4.78, 5) is 21.5. The summed E-state index contributed by atoms with van der Waals surface area (Å²) in [6, 6.07) is 0. The fourth-order valence-corrected chi connectivity index (χ4v) is 3.60. The Morgan fingerprint density at radius 3 is 2.77 bits per heavy atom. The number of aliphatic hydroxyl groups is 1. The fraction of sp³-hybridized carbons (Fsp3) is 0.529. The van der Waals surface area contributed by atoms with Gasteiger partial charge < -0.3 is 20.2 Å². The van der Waals surface area contributed by atoms with Crippen LogP contribution < -0.4 is 15.1 Å². The SMILES string of the molecule is CNc1nc(N2CCc3ncnc(N4CC[C@H](O)C4)c3CC2)ncc1F. The Hall–Kier alpha value is -2.55. The molecular weight excluding hydrogens is 337 g/mol. The van der Waals surface area contributed by atoms with Gasteiger partial charge in [-0.25, -0.2) is 19.3 Å². The maximum atomic E-state index is 13.6.